The number of fused-ring (bicyclic) bond motifs is 3. The van der Waals surface area contributed by atoms with Gasteiger partial charge in [0.1, 0.15) is 60.8 Å². The molecule has 3 aliphatic rings. The van der Waals surface area contributed by atoms with Crippen molar-refractivity contribution >= 4 is 93.2 Å². The molecule has 558 valence electrons. The zero-order chi connectivity index (χ0) is 76.3. The van der Waals surface area contributed by atoms with Crippen molar-refractivity contribution in [3.8, 4) is 51.7 Å². The molecule has 9 aromatic carbocycles. The van der Waals surface area contributed by atoms with Crippen LogP contribution in [0.2, 0.25) is 5.02 Å². The number of thiophene rings is 3. The molecule has 15 rings (SSSR count). The summed E-state index contributed by atoms with van der Waals surface area (Å²) in [6.07, 6.45) is -10.5. The van der Waals surface area contributed by atoms with Gasteiger partial charge in [-0.3, -0.25) is 14.4 Å². The van der Waals surface area contributed by atoms with E-state index < -0.39 is 53.7 Å². The zero-order valence-corrected chi connectivity index (χ0v) is 59.9. The van der Waals surface area contributed by atoms with Crippen LogP contribution >= 0.6 is 45.6 Å². The Hall–Kier alpha value is -9.93. The second kappa shape index (κ2) is 32.1. The van der Waals surface area contributed by atoms with Crippen molar-refractivity contribution in [2.24, 2.45) is 17.8 Å². The van der Waals surface area contributed by atoms with Gasteiger partial charge in [0.15, 0.2) is 17.2 Å². The molecule has 3 N–H and O–H groups in total. The Labute approximate surface area is 627 Å². The second-order valence-corrected chi connectivity index (χ2v) is 29.9. The van der Waals surface area contributed by atoms with Crippen LogP contribution in [0, 0.1) is 29.4 Å². The van der Waals surface area contributed by atoms with Gasteiger partial charge in [-0.25, -0.2) is 8.78 Å². The lowest BCUT2D eigenvalue weighted by Crippen LogP contribution is -2.53. The molecule has 3 saturated heterocycles. The molecule has 0 radical (unpaired) electrons. The summed E-state index contributed by atoms with van der Waals surface area (Å²) in [5, 5.41) is 32.2. The molecule has 0 spiro atoms. The monoisotopic (exact) mass is 1560 g/mol. The fraction of sp³-hybridized carbons (Fsp3) is 0.222. The molecular formula is C81H63ClF11N3O9S3. The first-order valence-corrected chi connectivity index (χ1v) is 36.7. The van der Waals surface area contributed by atoms with Crippen LogP contribution in [-0.2, 0) is 19.3 Å². The number of likely N-dealkylation sites (tertiary alicyclic amines) is 3. The average Bonchev–Trinajstić information content (AvgIpc) is 1.64. The molecular weight excluding hydrogens is 1500 g/mol. The first-order chi connectivity index (χ1) is 51.5. The van der Waals surface area contributed by atoms with Gasteiger partial charge in [-0.05, 0) is 188 Å². The van der Waals surface area contributed by atoms with Crippen LogP contribution in [-0.4, -0.2) is 125 Å². The predicted molar refractivity (Wildman–Crippen MR) is 394 cm³/mol. The average molecular weight is 1560 g/mol. The van der Waals surface area contributed by atoms with Gasteiger partial charge in [0, 0.05) is 105 Å². The largest absolute Gasteiger partial charge is 0.508 e. The third kappa shape index (κ3) is 18.1. The van der Waals surface area contributed by atoms with E-state index >= 15 is 0 Å². The van der Waals surface area contributed by atoms with Gasteiger partial charge in [-0.1, -0.05) is 60.1 Å². The van der Waals surface area contributed by atoms with Crippen molar-refractivity contribution < 1.29 is 92.2 Å². The Morgan fingerprint density at radius 2 is 0.704 bits per heavy atom. The molecule has 0 bridgehead atoms. The van der Waals surface area contributed by atoms with Gasteiger partial charge in [-0.15, -0.1) is 34.0 Å². The zero-order valence-electron chi connectivity index (χ0n) is 56.7. The minimum atomic E-state index is -4.13. The summed E-state index contributed by atoms with van der Waals surface area (Å²) in [6, 6.07) is 53.4. The van der Waals surface area contributed by atoms with E-state index in [9.17, 15) is 78.0 Å². The molecule has 0 saturated carbocycles. The molecule has 12 aromatic rings. The molecule has 3 aliphatic heterocycles. The fourth-order valence-corrected chi connectivity index (χ4v) is 15.9. The molecule has 3 aromatic heterocycles. The maximum absolute atomic E-state index is 14.3. The number of aromatic hydroxyl groups is 3. The standard InChI is InChI=1S/C27H21ClF3NO3S.2C27H21F4NO3S/c2*28-19-5-3-17(4-6-19)24(34)26-25(22-10-7-20(33)13-23(22)36-26)35-21-8-1-16(2-9-21)11-12-32-14-18(15-32)27(29,30)31;28-22-4-2-1-3-20(22)24(34)26-25(21-10-7-18(33)13-23(21)36-26)35-19-8-5-16(6-9-19)11-12-32-14-17(15-32)27(29,30)31/h2*1-10,13,18,33H,11-12,14-15H2;1-10,13,17,33H,11-12,14-15H2. The Bertz CT molecular complexity index is 5010. The van der Waals surface area contributed by atoms with E-state index in [1.807, 2.05) is 36.4 Å². The summed E-state index contributed by atoms with van der Waals surface area (Å²) in [5.41, 5.74) is 3.59. The SMILES string of the molecule is O=C(c1ccc(Cl)cc1)c1sc2cc(O)ccc2c1Oc1ccc(CCN2CC(C(F)(F)F)C2)cc1.O=C(c1ccc(F)cc1)c1sc2cc(O)ccc2c1Oc1ccc(CCN2CC(C(F)(F)F)C2)cc1.O=C(c1ccccc1F)c1sc2cc(O)ccc2c1Oc1ccc(CCN2CC(C(F)(F)F)C2)cc1. The lowest BCUT2D eigenvalue weighted by atomic mass is 9.99. The fourth-order valence-electron chi connectivity index (χ4n) is 12.4. The van der Waals surface area contributed by atoms with Crippen LogP contribution in [0.3, 0.4) is 0 Å². The van der Waals surface area contributed by atoms with Gasteiger partial charge in [0.2, 0.25) is 17.3 Å². The Balaban J connectivity index is 0.000000143. The molecule has 3 fully saturated rings. The van der Waals surface area contributed by atoms with Crippen LogP contribution in [0.15, 0.2) is 200 Å². The highest BCUT2D eigenvalue weighted by molar-refractivity contribution is 7.22. The van der Waals surface area contributed by atoms with Gasteiger partial charge < -0.3 is 44.2 Å². The minimum Gasteiger partial charge on any atom is -0.508 e. The molecule has 0 unspecified atom stereocenters. The maximum Gasteiger partial charge on any atom is 0.394 e. The smallest absolute Gasteiger partial charge is 0.394 e. The number of hydrogen-bond donors (Lipinski definition) is 3. The first kappa shape index (κ1) is 76.3. The van der Waals surface area contributed by atoms with E-state index in [2.05, 4.69) is 0 Å². The van der Waals surface area contributed by atoms with Crippen molar-refractivity contribution in [2.75, 3.05) is 58.9 Å². The van der Waals surface area contributed by atoms with Crippen molar-refractivity contribution in [3.05, 3.63) is 265 Å². The molecule has 6 heterocycles. The number of ether oxygens (including phenoxy) is 3. The van der Waals surface area contributed by atoms with E-state index in [1.165, 1.54) is 83.3 Å². The summed E-state index contributed by atoms with van der Waals surface area (Å²) in [4.78, 5) is 46.0. The van der Waals surface area contributed by atoms with Crippen molar-refractivity contribution in [1.82, 2.24) is 14.7 Å². The number of rotatable bonds is 21. The van der Waals surface area contributed by atoms with E-state index in [-0.39, 0.29) is 84.3 Å². The number of hydrogen-bond acceptors (Lipinski definition) is 15. The highest BCUT2D eigenvalue weighted by atomic mass is 35.5. The topological polar surface area (TPSA) is 149 Å². The summed E-state index contributed by atoms with van der Waals surface area (Å²) in [7, 11) is 0. The number of alkyl halides is 9. The number of halogens is 12. The maximum atomic E-state index is 14.3. The second-order valence-electron chi connectivity index (χ2n) is 26.3. The third-order valence-electron chi connectivity index (χ3n) is 18.7. The Kier molecular flexibility index (Phi) is 22.7. The lowest BCUT2D eigenvalue weighted by molar-refractivity contribution is -0.209. The molecule has 12 nitrogen and oxygen atoms in total. The lowest BCUT2D eigenvalue weighted by Gasteiger charge is -2.40. The Morgan fingerprint density at radius 1 is 0.398 bits per heavy atom. The van der Waals surface area contributed by atoms with Gasteiger partial charge >= 0.3 is 18.5 Å². The van der Waals surface area contributed by atoms with Crippen LogP contribution in [0.4, 0.5) is 48.3 Å². The van der Waals surface area contributed by atoms with Crippen LogP contribution in [0.1, 0.15) is 62.4 Å². The van der Waals surface area contributed by atoms with Gasteiger partial charge in [-0.2, -0.15) is 39.5 Å². The molecule has 0 amide bonds. The molecule has 0 atom stereocenters. The Morgan fingerprint density at radius 3 is 1.02 bits per heavy atom. The number of phenols is 3. The number of phenolic OH excluding ortho intramolecular Hbond substituents is 3. The highest BCUT2D eigenvalue weighted by Crippen LogP contribution is 2.47. The summed E-state index contributed by atoms with van der Waals surface area (Å²) in [5.74, 6) is -3.17. The van der Waals surface area contributed by atoms with E-state index in [0.717, 1.165) is 28.0 Å². The highest BCUT2D eigenvalue weighted by Gasteiger charge is 2.49. The minimum absolute atomic E-state index is 0.0320. The van der Waals surface area contributed by atoms with Gasteiger partial charge in [0.25, 0.3) is 0 Å². The van der Waals surface area contributed by atoms with E-state index in [4.69, 9.17) is 25.8 Å². The molecule has 27 heteroatoms. The normalized spacial score (nSPS) is 14.7. The quantitative estimate of drug-likeness (QED) is 0.0464. The summed E-state index contributed by atoms with van der Waals surface area (Å²) < 4.78 is 162. The third-order valence-corrected chi connectivity index (χ3v) is 22.3. The number of benzene rings is 9. The predicted octanol–water partition coefficient (Wildman–Crippen LogP) is 20.9. The van der Waals surface area contributed by atoms with Crippen molar-refractivity contribution in [1.29, 1.82) is 0 Å². The van der Waals surface area contributed by atoms with Crippen molar-refractivity contribution in [3.63, 3.8) is 0 Å². The van der Waals surface area contributed by atoms with Crippen molar-refractivity contribution in [2.45, 2.75) is 37.8 Å². The van der Waals surface area contributed by atoms with E-state index in [1.54, 1.807) is 118 Å². The number of carbonyl (C=O) groups excluding carboxylic acids is 3. The molecule has 0 aliphatic carbocycles. The van der Waals surface area contributed by atoms with Crippen LogP contribution in [0.25, 0.3) is 30.3 Å². The van der Waals surface area contributed by atoms with Crippen LogP contribution < -0.4 is 14.2 Å². The van der Waals surface area contributed by atoms with E-state index in [0.29, 0.717) is 124 Å². The number of nitrogens with zero attached hydrogens (tertiary/aromatic N) is 3. The van der Waals surface area contributed by atoms with Crippen LogP contribution in [0.5, 0.6) is 51.7 Å². The van der Waals surface area contributed by atoms with Gasteiger partial charge in [0.05, 0.1) is 23.3 Å². The first-order valence-electron chi connectivity index (χ1n) is 33.9. The number of ketones is 3. The molecule has 108 heavy (non-hydrogen) atoms. The summed E-state index contributed by atoms with van der Waals surface area (Å²) in [6.45, 7) is 1.88. The number of carbonyl (C=O) groups is 3. The summed E-state index contributed by atoms with van der Waals surface area (Å²) >= 11 is 9.48.